The van der Waals surface area contributed by atoms with Crippen molar-refractivity contribution in [1.29, 1.82) is 0 Å². The topological polar surface area (TPSA) is 22.4 Å². The summed E-state index contributed by atoms with van der Waals surface area (Å²) in [6, 6.07) is 0. The SMILES string of the molecule is CCCc1c(OC)oc(C2C=CC=C2)c1CCC. The van der Waals surface area contributed by atoms with E-state index < -0.39 is 0 Å². The van der Waals surface area contributed by atoms with Crippen LogP contribution in [0, 0.1) is 0 Å². The van der Waals surface area contributed by atoms with E-state index in [0.29, 0.717) is 5.95 Å². The molecule has 2 heteroatoms. The quantitative estimate of drug-likeness (QED) is 0.742. The van der Waals surface area contributed by atoms with Gasteiger partial charge >= 0.3 is 0 Å². The summed E-state index contributed by atoms with van der Waals surface area (Å²) >= 11 is 0. The van der Waals surface area contributed by atoms with Gasteiger partial charge in [-0.15, -0.1) is 0 Å². The zero-order valence-electron chi connectivity index (χ0n) is 11.5. The van der Waals surface area contributed by atoms with Crippen LogP contribution in [-0.2, 0) is 12.8 Å². The van der Waals surface area contributed by atoms with Crippen molar-refractivity contribution in [2.45, 2.75) is 45.4 Å². The van der Waals surface area contributed by atoms with Crippen molar-refractivity contribution >= 4 is 0 Å². The summed E-state index contributed by atoms with van der Waals surface area (Å²) in [5, 5.41) is 0. The molecule has 0 saturated carbocycles. The van der Waals surface area contributed by atoms with Crippen LogP contribution in [0.4, 0.5) is 0 Å². The Morgan fingerprint density at radius 1 is 1.06 bits per heavy atom. The van der Waals surface area contributed by atoms with E-state index >= 15 is 0 Å². The second kappa shape index (κ2) is 5.94. The van der Waals surface area contributed by atoms with Crippen molar-refractivity contribution in [1.82, 2.24) is 0 Å². The number of allylic oxidation sites excluding steroid dienone is 4. The highest BCUT2D eigenvalue weighted by molar-refractivity contribution is 5.43. The van der Waals surface area contributed by atoms with Crippen LogP contribution in [0.25, 0.3) is 0 Å². The molecule has 0 spiro atoms. The lowest BCUT2D eigenvalue weighted by Crippen LogP contribution is -1.97. The van der Waals surface area contributed by atoms with Gasteiger partial charge in [0, 0.05) is 11.1 Å². The molecule has 1 aromatic rings. The fourth-order valence-electron chi connectivity index (χ4n) is 2.56. The summed E-state index contributed by atoms with van der Waals surface area (Å²) in [5.74, 6) is 2.07. The highest BCUT2D eigenvalue weighted by atomic mass is 16.6. The number of furan rings is 1. The minimum Gasteiger partial charge on any atom is -0.468 e. The molecule has 2 nitrogen and oxygen atoms in total. The Labute approximate surface area is 109 Å². The van der Waals surface area contributed by atoms with Crippen LogP contribution in [0.3, 0.4) is 0 Å². The predicted molar refractivity (Wildman–Crippen MR) is 74.3 cm³/mol. The van der Waals surface area contributed by atoms with Gasteiger partial charge in [-0.3, -0.25) is 0 Å². The molecule has 98 valence electrons. The van der Waals surface area contributed by atoms with Gasteiger partial charge in [0.25, 0.3) is 5.95 Å². The van der Waals surface area contributed by atoms with E-state index in [9.17, 15) is 0 Å². The van der Waals surface area contributed by atoms with E-state index in [2.05, 4.69) is 38.2 Å². The van der Waals surface area contributed by atoms with Crippen molar-refractivity contribution < 1.29 is 9.15 Å². The molecule has 1 aliphatic rings. The van der Waals surface area contributed by atoms with E-state index in [-0.39, 0.29) is 5.92 Å². The van der Waals surface area contributed by atoms with Gasteiger partial charge < -0.3 is 9.15 Å². The van der Waals surface area contributed by atoms with Gasteiger partial charge in [0.15, 0.2) is 0 Å². The minimum atomic E-state index is 0.283. The number of rotatable bonds is 6. The lowest BCUT2D eigenvalue weighted by atomic mass is 9.96. The fourth-order valence-corrected chi connectivity index (χ4v) is 2.56. The molecular weight excluding hydrogens is 224 g/mol. The molecule has 0 unspecified atom stereocenters. The summed E-state index contributed by atoms with van der Waals surface area (Å²) < 4.78 is 11.4. The molecule has 18 heavy (non-hydrogen) atoms. The third kappa shape index (κ3) is 2.38. The summed E-state index contributed by atoms with van der Waals surface area (Å²) in [7, 11) is 1.69. The van der Waals surface area contributed by atoms with E-state index in [4.69, 9.17) is 9.15 Å². The summed E-state index contributed by atoms with van der Waals surface area (Å²) in [6.07, 6.45) is 12.8. The zero-order chi connectivity index (χ0) is 13.0. The summed E-state index contributed by atoms with van der Waals surface area (Å²) in [6.45, 7) is 4.40. The molecule has 1 aromatic heterocycles. The first kappa shape index (κ1) is 13.0. The van der Waals surface area contributed by atoms with Crippen molar-refractivity contribution in [2.75, 3.05) is 7.11 Å². The smallest absolute Gasteiger partial charge is 0.287 e. The molecule has 0 aliphatic heterocycles. The molecule has 0 N–H and O–H groups in total. The Balaban J connectivity index is 2.43. The van der Waals surface area contributed by atoms with E-state index in [1.165, 1.54) is 11.1 Å². The lowest BCUT2D eigenvalue weighted by Gasteiger charge is -2.06. The van der Waals surface area contributed by atoms with Gasteiger partial charge in [-0.25, -0.2) is 0 Å². The maximum absolute atomic E-state index is 5.96. The monoisotopic (exact) mass is 246 g/mol. The fraction of sp³-hybridized carbons (Fsp3) is 0.500. The highest BCUT2D eigenvalue weighted by Gasteiger charge is 2.24. The van der Waals surface area contributed by atoms with E-state index in [1.54, 1.807) is 7.11 Å². The van der Waals surface area contributed by atoms with Gasteiger partial charge in [0.2, 0.25) is 0 Å². The Morgan fingerprint density at radius 2 is 1.67 bits per heavy atom. The summed E-state index contributed by atoms with van der Waals surface area (Å²) in [5.41, 5.74) is 2.63. The maximum Gasteiger partial charge on any atom is 0.287 e. The molecule has 1 aliphatic carbocycles. The molecule has 0 bridgehead atoms. The van der Waals surface area contributed by atoms with Crippen LogP contribution in [0.1, 0.15) is 49.5 Å². The Hall–Kier alpha value is -1.44. The maximum atomic E-state index is 5.96. The van der Waals surface area contributed by atoms with Crippen LogP contribution in [-0.4, -0.2) is 7.11 Å². The predicted octanol–water partition coefficient (Wildman–Crippen LogP) is 4.40. The number of hydrogen-bond acceptors (Lipinski definition) is 2. The van der Waals surface area contributed by atoms with Crippen LogP contribution in [0.2, 0.25) is 0 Å². The van der Waals surface area contributed by atoms with Crippen LogP contribution in [0.15, 0.2) is 28.7 Å². The third-order valence-electron chi connectivity index (χ3n) is 3.35. The molecular formula is C16H22O2. The van der Waals surface area contributed by atoms with Crippen LogP contribution in [0.5, 0.6) is 5.95 Å². The van der Waals surface area contributed by atoms with Gasteiger partial charge in [0.1, 0.15) is 5.76 Å². The normalized spacial score (nSPS) is 14.6. The first-order valence-electron chi connectivity index (χ1n) is 6.85. The average molecular weight is 246 g/mol. The van der Waals surface area contributed by atoms with Crippen LogP contribution >= 0.6 is 0 Å². The van der Waals surface area contributed by atoms with Gasteiger partial charge in [0.05, 0.1) is 13.0 Å². The first-order chi connectivity index (χ1) is 8.81. The van der Waals surface area contributed by atoms with E-state index in [0.717, 1.165) is 31.4 Å². The molecule has 0 atom stereocenters. The second-order valence-electron chi connectivity index (χ2n) is 4.71. The second-order valence-corrected chi connectivity index (χ2v) is 4.71. The Morgan fingerprint density at radius 3 is 2.22 bits per heavy atom. The van der Waals surface area contributed by atoms with Gasteiger partial charge in [-0.1, -0.05) is 51.0 Å². The number of ether oxygens (including phenoxy) is 1. The Kier molecular flexibility index (Phi) is 4.29. The van der Waals surface area contributed by atoms with Crippen molar-refractivity contribution in [3.63, 3.8) is 0 Å². The average Bonchev–Trinajstić information content (AvgIpc) is 2.99. The molecule has 0 amide bonds. The standard InChI is InChI=1S/C16H22O2/c1-4-8-13-14(9-5-2)16(17-3)18-15(13)12-10-6-7-11-12/h6-7,10-12H,4-5,8-9H2,1-3H3. The molecule has 0 saturated heterocycles. The van der Waals surface area contributed by atoms with E-state index in [1.807, 2.05) is 0 Å². The molecule has 0 fully saturated rings. The van der Waals surface area contributed by atoms with Crippen molar-refractivity contribution in [3.05, 3.63) is 41.2 Å². The molecule has 2 rings (SSSR count). The zero-order valence-corrected chi connectivity index (χ0v) is 11.5. The molecule has 0 radical (unpaired) electrons. The number of hydrogen-bond donors (Lipinski definition) is 0. The Bertz CT molecular complexity index is 440. The number of methoxy groups -OCH3 is 1. The van der Waals surface area contributed by atoms with Gasteiger partial charge in [-0.05, 0) is 12.8 Å². The van der Waals surface area contributed by atoms with Crippen molar-refractivity contribution in [3.8, 4) is 5.95 Å². The minimum absolute atomic E-state index is 0.283. The largest absolute Gasteiger partial charge is 0.468 e. The molecule has 0 aromatic carbocycles. The van der Waals surface area contributed by atoms with Crippen LogP contribution < -0.4 is 4.74 Å². The third-order valence-corrected chi connectivity index (χ3v) is 3.35. The summed E-state index contributed by atoms with van der Waals surface area (Å²) in [4.78, 5) is 0. The molecule has 1 heterocycles. The van der Waals surface area contributed by atoms with Gasteiger partial charge in [-0.2, -0.15) is 0 Å². The highest BCUT2D eigenvalue weighted by Crippen LogP contribution is 2.37. The van der Waals surface area contributed by atoms with Crippen molar-refractivity contribution in [2.24, 2.45) is 0 Å². The lowest BCUT2D eigenvalue weighted by molar-refractivity contribution is 0.290. The first-order valence-corrected chi connectivity index (χ1v) is 6.85.